The molecule has 3 nitrogen and oxygen atoms in total. The molecule has 0 aliphatic heterocycles. The molecule has 1 aromatic rings. The van der Waals surface area contributed by atoms with Crippen molar-refractivity contribution in [1.82, 2.24) is 5.32 Å². The highest BCUT2D eigenvalue weighted by atomic mass is 19.1. The van der Waals surface area contributed by atoms with Gasteiger partial charge < -0.3 is 10.1 Å². The van der Waals surface area contributed by atoms with E-state index in [0.29, 0.717) is 6.42 Å². The van der Waals surface area contributed by atoms with Crippen molar-refractivity contribution in [3.8, 4) is 17.6 Å². The Morgan fingerprint density at radius 3 is 2.85 bits per heavy atom. The fourth-order valence-electron chi connectivity index (χ4n) is 1.39. The summed E-state index contributed by atoms with van der Waals surface area (Å²) in [6.07, 6.45) is 2.32. The normalized spacial score (nSPS) is 9.55. The Morgan fingerprint density at radius 1 is 1.35 bits per heavy atom. The molecule has 1 aromatic carbocycles. The zero-order valence-electron chi connectivity index (χ0n) is 11.3. The number of nitrogens with one attached hydrogen (secondary N) is 1. The minimum atomic E-state index is -0.764. The Balaban J connectivity index is 2.24. The van der Waals surface area contributed by atoms with Crippen molar-refractivity contribution in [1.29, 1.82) is 0 Å². The number of hydrogen-bond donors (Lipinski definition) is 1. The molecule has 0 saturated carbocycles. The van der Waals surface area contributed by atoms with Crippen LogP contribution in [-0.4, -0.2) is 19.1 Å². The molecular formula is C15H17F2NO2. The van der Waals surface area contributed by atoms with Gasteiger partial charge in [0.1, 0.15) is 12.4 Å². The summed E-state index contributed by atoms with van der Waals surface area (Å²) in [4.78, 5) is 11.2. The van der Waals surface area contributed by atoms with Crippen molar-refractivity contribution in [2.24, 2.45) is 0 Å². The maximum atomic E-state index is 13.2. The van der Waals surface area contributed by atoms with Crippen molar-refractivity contribution in [3.63, 3.8) is 0 Å². The van der Waals surface area contributed by atoms with Crippen LogP contribution in [0.5, 0.6) is 5.75 Å². The number of ether oxygens (including phenoxy) is 1. The van der Waals surface area contributed by atoms with E-state index in [-0.39, 0.29) is 24.8 Å². The zero-order chi connectivity index (χ0) is 14.8. The van der Waals surface area contributed by atoms with Crippen LogP contribution in [0.25, 0.3) is 0 Å². The number of hydrogen-bond acceptors (Lipinski definition) is 2. The van der Waals surface area contributed by atoms with Crippen molar-refractivity contribution in [3.05, 3.63) is 29.8 Å². The molecule has 1 rings (SSSR count). The third-order valence-corrected chi connectivity index (χ3v) is 2.45. The van der Waals surface area contributed by atoms with E-state index in [1.807, 2.05) is 6.92 Å². The quantitative estimate of drug-likeness (QED) is 0.814. The van der Waals surface area contributed by atoms with E-state index in [0.717, 1.165) is 25.0 Å². The molecule has 0 fully saturated rings. The third-order valence-electron chi connectivity index (χ3n) is 2.45. The first-order valence-corrected chi connectivity index (χ1v) is 6.43. The Morgan fingerprint density at radius 2 is 2.15 bits per heavy atom. The SMILES string of the molecule is CCCCC(=O)NCC#CCOc1ccc(F)cc1F. The van der Waals surface area contributed by atoms with Crippen LogP contribution in [-0.2, 0) is 4.79 Å². The van der Waals surface area contributed by atoms with Crippen LogP contribution in [0.1, 0.15) is 26.2 Å². The van der Waals surface area contributed by atoms with E-state index in [9.17, 15) is 13.6 Å². The van der Waals surface area contributed by atoms with Gasteiger partial charge in [0.15, 0.2) is 11.6 Å². The average molecular weight is 281 g/mol. The Hall–Kier alpha value is -2.09. The van der Waals surface area contributed by atoms with Crippen LogP contribution >= 0.6 is 0 Å². The fourth-order valence-corrected chi connectivity index (χ4v) is 1.39. The van der Waals surface area contributed by atoms with Gasteiger partial charge in [-0.15, -0.1) is 0 Å². The Kier molecular flexibility index (Phi) is 7.12. The minimum Gasteiger partial charge on any atom is -0.478 e. The van der Waals surface area contributed by atoms with Crippen LogP contribution in [0.3, 0.4) is 0 Å². The summed E-state index contributed by atoms with van der Waals surface area (Å²) in [7, 11) is 0. The van der Waals surface area contributed by atoms with E-state index in [1.54, 1.807) is 0 Å². The zero-order valence-corrected chi connectivity index (χ0v) is 11.3. The molecule has 0 bridgehead atoms. The second kappa shape index (κ2) is 8.92. The molecule has 20 heavy (non-hydrogen) atoms. The van der Waals surface area contributed by atoms with Crippen molar-refractivity contribution in [2.45, 2.75) is 26.2 Å². The Bertz CT molecular complexity index is 506. The predicted molar refractivity (Wildman–Crippen MR) is 72.2 cm³/mol. The number of halogens is 2. The van der Waals surface area contributed by atoms with Crippen LogP contribution in [0.2, 0.25) is 0 Å². The maximum Gasteiger partial charge on any atom is 0.220 e. The molecule has 108 valence electrons. The largest absolute Gasteiger partial charge is 0.478 e. The highest BCUT2D eigenvalue weighted by molar-refractivity contribution is 5.76. The topological polar surface area (TPSA) is 38.3 Å². The molecule has 1 amide bonds. The van der Waals surface area contributed by atoms with Gasteiger partial charge in [0, 0.05) is 12.5 Å². The van der Waals surface area contributed by atoms with E-state index < -0.39 is 11.6 Å². The van der Waals surface area contributed by atoms with E-state index in [1.165, 1.54) is 6.07 Å². The first-order chi connectivity index (χ1) is 9.63. The Labute approximate surface area is 117 Å². The summed E-state index contributed by atoms with van der Waals surface area (Å²) >= 11 is 0. The van der Waals surface area contributed by atoms with E-state index in [4.69, 9.17) is 4.74 Å². The third kappa shape index (κ3) is 6.19. The van der Waals surface area contributed by atoms with Gasteiger partial charge >= 0.3 is 0 Å². The highest BCUT2D eigenvalue weighted by Crippen LogP contribution is 2.16. The first kappa shape index (κ1) is 16.0. The van der Waals surface area contributed by atoms with Crippen molar-refractivity contribution < 1.29 is 18.3 Å². The molecule has 5 heteroatoms. The lowest BCUT2D eigenvalue weighted by Crippen LogP contribution is -2.23. The summed E-state index contributed by atoms with van der Waals surface area (Å²) in [6, 6.07) is 3.06. The number of carbonyl (C=O) groups excluding carboxylic acids is 1. The summed E-state index contributed by atoms with van der Waals surface area (Å²) in [6.45, 7) is 2.23. The van der Waals surface area contributed by atoms with Gasteiger partial charge in [-0.1, -0.05) is 25.2 Å². The first-order valence-electron chi connectivity index (χ1n) is 6.43. The minimum absolute atomic E-state index is 0.0205. The van der Waals surface area contributed by atoms with Crippen LogP contribution in [0.15, 0.2) is 18.2 Å². The molecule has 0 spiro atoms. The number of carbonyl (C=O) groups is 1. The number of rotatable bonds is 6. The molecule has 0 saturated heterocycles. The molecule has 0 aliphatic rings. The lowest BCUT2D eigenvalue weighted by molar-refractivity contribution is -0.120. The molecule has 0 aromatic heterocycles. The van der Waals surface area contributed by atoms with Crippen molar-refractivity contribution >= 4 is 5.91 Å². The predicted octanol–water partition coefficient (Wildman–Crippen LogP) is 2.65. The molecule has 0 aliphatic carbocycles. The van der Waals surface area contributed by atoms with E-state index >= 15 is 0 Å². The molecule has 0 heterocycles. The number of amides is 1. The lowest BCUT2D eigenvalue weighted by Gasteiger charge is -2.03. The van der Waals surface area contributed by atoms with Gasteiger partial charge in [0.05, 0.1) is 6.54 Å². The molecular weight excluding hydrogens is 264 g/mol. The van der Waals surface area contributed by atoms with Crippen molar-refractivity contribution in [2.75, 3.05) is 13.2 Å². The standard InChI is InChI=1S/C15H17F2NO2/c1-2-3-6-15(19)18-9-4-5-10-20-14-8-7-12(16)11-13(14)17/h7-8,11H,2-3,6,9-10H2,1H3,(H,18,19). The lowest BCUT2D eigenvalue weighted by atomic mass is 10.2. The summed E-state index contributed by atoms with van der Waals surface area (Å²) < 4.78 is 30.9. The van der Waals surface area contributed by atoms with Gasteiger partial charge in [-0.3, -0.25) is 4.79 Å². The van der Waals surface area contributed by atoms with Crippen LogP contribution < -0.4 is 10.1 Å². The number of unbranched alkanes of at least 4 members (excludes halogenated alkanes) is 1. The van der Waals surface area contributed by atoms with Gasteiger partial charge in [0.2, 0.25) is 5.91 Å². The van der Waals surface area contributed by atoms with Crippen LogP contribution in [0, 0.1) is 23.5 Å². The van der Waals surface area contributed by atoms with E-state index in [2.05, 4.69) is 17.2 Å². The van der Waals surface area contributed by atoms with Gasteiger partial charge in [-0.05, 0) is 18.6 Å². The summed E-state index contributed by atoms with van der Waals surface area (Å²) in [5.41, 5.74) is 0. The molecule has 0 radical (unpaired) electrons. The second-order valence-electron chi connectivity index (χ2n) is 4.10. The summed E-state index contributed by atoms with van der Waals surface area (Å²) in [5, 5.41) is 2.64. The fraction of sp³-hybridized carbons (Fsp3) is 0.400. The average Bonchev–Trinajstić information content (AvgIpc) is 2.42. The van der Waals surface area contributed by atoms with Gasteiger partial charge in [-0.25, -0.2) is 8.78 Å². The smallest absolute Gasteiger partial charge is 0.220 e. The van der Waals surface area contributed by atoms with Crippen LogP contribution in [0.4, 0.5) is 8.78 Å². The maximum absolute atomic E-state index is 13.2. The highest BCUT2D eigenvalue weighted by Gasteiger charge is 2.03. The van der Waals surface area contributed by atoms with Gasteiger partial charge in [-0.2, -0.15) is 0 Å². The molecule has 0 unspecified atom stereocenters. The molecule has 0 atom stereocenters. The summed E-state index contributed by atoms with van der Waals surface area (Å²) in [5.74, 6) is 3.83. The molecule has 1 N–H and O–H groups in total. The monoisotopic (exact) mass is 281 g/mol. The number of benzene rings is 1. The second-order valence-corrected chi connectivity index (χ2v) is 4.10. The van der Waals surface area contributed by atoms with Gasteiger partial charge in [0.25, 0.3) is 0 Å².